The van der Waals surface area contributed by atoms with Crippen molar-refractivity contribution in [3.05, 3.63) is 98.6 Å². The number of nitrogens with one attached hydrogen (secondary N) is 1. The van der Waals surface area contributed by atoms with Gasteiger partial charge < -0.3 is 14.8 Å². The number of carbonyl (C=O) groups excluding carboxylic acids is 1. The maximum atomic E-state index is 12.7. The number of hydrogen-bond acceptors (Lipinski definition) is 6. The van der Waals surface area contributed by atoms with Gasteiger partial charge in [0.05, 0.1) is 23.7 Å². The van der Waals surface area contributed by atoms with Crippen LogP contribution in [0.1, 0.15) is 22.3 Å². The number of aryl methyl sites for hydroxylation is 2. The first-order valence-corrected chi connectivity index (χ1v) is 10.4. The van der Waals surface area contributed by atoms with E-state index in [1.807, 2.05) is 56.3 Å². The smallest absolute Gasteiger partial charge is 0.280 e. The number of ether oxygens (including phenoxy) is 2. The molecule has 3 aromatic carbocycles. The van der Waals surface area contributed by atoms with E-state index in [1.54, 1.807) is 12.1 Å². The largest absolute Gasteiger partial charge is 0.493 e. The number of nitriles is 1. The molecule has 172 valence electrons. The van der Waals surface area contributed by atoms with Crippen molar-refractivity contribution < 1.29 is 19.2 Å². The molecule has 0 saturated carbocycles. The van der Waals surface area contributed by atoms with Gasteiger partial charge in [0.25, 0.3) is 11.6 Å². The summed E-state index contributed by atoms with van der Waals surface area (Å²) in [7, 11) is 1.40. The van der Waals surface area contributed by atoms with Gasteiger partial charge in [-0.3, -0.25) is 14.9 Å². The number of benzene rings is 3. The van der Waals surface area contributed by atoms with Crippen molar-refractivity contribution in [1.82, 2.24) is 0 Å². The molecule has 1 N–H and O–H groups in total. The highest BCUT2D eigenvalue weighted by molar-refractivity contribution is 6.10. The number of carbonyl (C=O) groups is 1. The van der Waals surface area contributed by atoms with Crippen molar-refractivity contribution in [1.29, 1.82) is 5.26 Å². The normalized spacial score (nSPS) is 10.8. The lowest BCUT2D eigenvalue weighted by atomic mass is 10.1. The lowest BCUT2D eigenvalue weighted by molar-refractivity contribution is -0.385. The monoisotopic (exact) mass is 457 g/mol. The lowest BCUT2D eigenvalue weighted by Crippen LogP contribution is -2.13. The number of amides is 1. The van der Waals surface area contributed by atoms with E-state index in [-0.39, 0.29) is 34.9 Å². The second-order valence-electron chi connectivity index (χ2n) is 7.52. The van der Waals surface area contributed by atoms with E-state index >= 15 is 0 Å². The highest BCUT2D eigenvalue weighted by atomic mass is 16.6. The van der Waals surface area contributed by atoms with Crippen molar-refractivity contribution in [2.24, 2.45) is 0 Å². The molecule has 8 nitrogen and oxygen atoms in total. The first-order chi connectivity index (χ1) is 16.3. The number of nitro groups is 1. The molecule has 0 aliphatic carbocycles. The van der Waals surface area contributed by atoms with Crippen LogP contribution >= 0.6 is 0 Å². The summed E-state index contributed by atoms with van der Waals surface area (Å²) >= 11 is 0. The summed E-state index contributed by atoms with van der Waals surface area (Å²) in [6, 6.07) is 19.1. The quantitative estimate of drug-likeness (QED) is 0.211. The third kappa shape index (κ3) is 5.78. The Hall–Kier alpha value is -4.64. The summed E-state index contributed by atoms with van der Waals surface area (Å²) in [5, 5.41) is 23.9. The van der Waals surface area contributed by atoms with E-state index in [9.17, 15) is 20.2 Å². The fourth-order valence-corrected chi connectivity index (χ4v) is 3.17. The Morgan fingerprint density at radius 1 is 1.09 bits per heavy atom. The Labute approximate surface area is 197 Å². The molecule has 3 rings (SSSR count). The molecule has 0 spiro atoms. The van der Waals surface area contributed by atoms with Crippen LogP contribution in [0.2, 0.25) is 0 Å². The first kappa shape index (κ1) is 24.0. The summed E-state index contributed by atoms with van der Waals surface area (Å²) in [4.78, 5) is 23.8. The minimum Gasteiger partial charge on any atom is -0.493 e. The lowest BCUT2D eigenvalue weighted by Gasteiger charge is -2.12. The highest BCUT2D eigenvalue weighted by Gasteiger charge is 2.21. The minimum atomic E-state index is -0.677. The molecular formula is C26H23N3O5. The van der Waals surface area contributed by atoms with Crippen LogP contribution in [0.5, 0.6) is 11.5 Å². The highest BCUT2D eigenvalue weighted by Crippen LogP contribution is 2.36. The van der Waals surface area contributed by atoms with Gasteiger partial charge in [-0.05, 0) is 54.8 Å². The minimum absolute atomic E-state index is 0.0423. The molecule has 1 amide bonds. The summed E-state index contributed by atoms with van der Waals surface area (Å²) in [6.45, 7) is 4.04. The molecule has 0 radical (unpaired) electrons. The fourth-order valence-electron chi connectivity index (χ4n) is 3.17. The number of nitrogens with zero attached hydrogens (tertiary/aromatic N) is 2. The second-order valence-corrected chi connectivity index (χ2v) is 7.52. The summed E-state index contributed by atoms with van der Waals surface area (Å²) < 4.78 is 11.1. The number of nitro benzene ring substituents is 1. The number of rotatable bonds is 8. The fraction of sp³-hybridized carbons (Fsp3) is 0.154. The van der Waals surface area contributed by atoms with Gasteiger partial charge in [-0.1, -0.05) is 36.4 Å². The average molecular weight is 457 g/mol. The second kappa shape index (κ2) is 10.8. The van der Waals surface area contributed by atoms with E-state index in [1.165, 1.54) is 19.2 Å². The Balaban J connectivity index is 1.92. The molecule has 0 aliphatic rings. The topological polar surface area (TPSA) is 114 Å². The maximum Gasteiger partial charge on any atom is 0.280 e. The predicted octanol–water partition coefficient (Wildman–Crippen LogP) is 5.34. The van der Waals surface area contributed by atoms with Gasteiger partial charge in [0.15, 0.2) is 11.5 Å². The van der Waals surface area contributed by atoms with Crippen LogP contribution in [0.15, 0.2) is 66.2 Å². The molecule has 0 unspecified atom stereocenters. The number of anilines is 1. The van der Waals surface area contributed by atoms with E-state index < -0.39 is 10.8 Å². The van der Waals surface area contributed by atoms with Gasteiger partial charge in [-0.25, -0.2) is 0 Å². The van der Waals surface area contributed by atoms with Crippen LogP contribution in [0.4, 0.5) is 11.4 Å². The standard InChI is InChI=1S/C26H23N3O5/c1-17-9-10-22(11-18(17)2)28-26(30)21(15-27)12-20-13-24(33-3)25(14-23(20)29(31)32)34-16-19-7-5-4-6-8-19/h4-14H,16H2,1-3H3,(H,28,30)/b21-12+. The van der Waals surface area contributed by atoms with Gasteiger partial charge >= 0.3 is 0 Å². The van der Waals surface area contributed by atoms with Crippen molar-refractivity contribution in [3.8, 4) is 17.6 Å². The molecule has 0 bridgehead atoms. The van der Waals surface area contributed by atoms with E-state index in [2.05, 4.69) is 5.32 Å². The third-order valence-corrected chi connectivity index (χ3v) is 5.18. The van der Waals surface area contributed by atoms with Crippen LogP contribution in [0, 0.1) is 35.3 Å². The molecule has 0 aromatic heterocycles. The van der Waals surface area contributed by atoms with Crippen molar-refractivity contribution in [3.63, 3.8) is 0 Å². The molecule has 0 aliphatic heterocycles. The summed E-state index contributed by atoms with van der Waals surface area (Å²) in [5.41, 5.74) is 2.87. The van der Waals surface area contributed by atoms with Gasteiger partial charge in [0.2, 0.25) is 0 Å². The first-order valence-electron chi connectivity index (χ1n) is 10.4. The van der Waals surface area contributed by atoms with Gasteiger partial charge in [0.1, 0.15) is 18.2 Å². The van der Waals surface area contributed by atoms with Crippen LogP contribution in [-0.4, -0.2) is 17.9 Å². The maximum absolute atomic E-state index is 12.7. The Kier molecular flexibility index (Phi) is 7.62. The molecule has 34 heavy (non-hydrogen) atoms. The Morgan fingerprint density at radius 2 is 1.82 bits per heavy atom. The van der Waals surface area contributed by atoms with Gasteiger partial charge in [-0.15, -0.1) is 0 Å². The van der Waals surface area contributed by atoms with Gasteiger partial charge in [0, 0.05) is 5.69 Å². The van der Waals surface area contributed by atoms with Gasteiger partial charge in [-0.2, -0.15) is 5.26 Å². The van der Waals surface area contributed by atoms with E-state index in [4.69, 9.17) is 9.47 Å². The average Bonchev–Trinajstić information content (AvgIpc) is 2.83. The molecular weight excluding hydrogens is 434 g/mol. The van der Waals surface area contributed by atoms with E-state index in [0.29, 0.717) is 5.69 Å². The molecule has 0 fully saturated rings. The Bertz CT molecular complexity index is 1290. The zero-order valence-electron chi connectivity index (χ0n) is 19.0. The van der Waals surface area contributed by atoms with Crippen LogP contribution in [-0.2, 0) is 11.4 Å². The van der Waals surface area contributed by atoms with E-state index in [0.717, 1.165) is 22.8 Å². The molecule has 0 atom stereocenters. The molecule has 0 heterocycles. The van der Waals surface area contributed by atoms with Crippen molar-refractivity contribution >= 4 is 23.4 Å². The molecule has 0 saturated heterocycles. The zero-order chi connectivity index (χ0) is 24.7. The third-order valence-electron chi connectivity index (χ3n) is 5.18. The SMILES string of the molecule is COc1cc(/C=C(\C#N)C(=O)Nc2ccc(C)c(C)c2)c([N+](=O)[O-])cc1OCc1ccccc1. The summed E-state index contributed by atoms with van der Waals surface area (Å²) in [5.74, 6) is -0.267. The molecule has 8 heteroatoms. The zero-order valence-corrected chi connectivity index (χ0v) is 19.0. The number of hydrogen-bond donors (Lipinski definition) is 1. The van der Waals surface area contributed by atoms with Crippen LogP contribution in [0.25, 0.3) is 6.08 Å². The van der Waals surface area contributed by atoms with Crippen molar-refractivity contribution in [2.75, 3.05) is 12.4 Å². The van der Waals surface area contributed by atoms with Crippen LogP contribution < -0.4 is 14.8 Å². The predicted molar refractivity (Wildman–Crippen MR) is 129 cm³/mol. The number of methoxy groups -OCH3 is 1. The Morgan fingerprint density at radius 3 is 2.44 bits per heavy atom. The summed E-state index contributed by atoms with van der Waals surface area (Å²) in [6.07, 6.45) is 1.16. The van der Waals surface area contributed by atoms with Crippen LogP contribution in [0.3, 0.4) is 0 Å². The van der Waals surface area contributed by atoms with Crippen molar-refractivity contribution in [2.45, 2.75) is 20.5 Å². The molecule has 3 aromatic rings.